The van der Waals surface area contributed by atoms with Gasteiger partial charge in [-0.3, -0.25) is 4.79 Å². The number of aromatic amines is 1. The Hall–Kier alpha value is -1.60. The molecule has 0 aliphatic carbocycles. The number of nitro groups is 1. The molecule has 1 fully saturated rings. The maximum atomic E-state index is 12.2. The van der Waals surface area contributed by atoms with Crippen molar-refractivity contribution in [2.45, 2.75) is 19.8 Å². The summed E-state index contributed by atoms with van der Waals surface area (Å²) in [5.41, 5.74) is 0.293. The Kier molecular flexibility index (Phi) is 6.64. The Morgan fingerprint density at radius 3 is 2.67 bits per heavy atom. The maximum absolute atomic E-state index is 12.2. The number of carbonyl (C=O) groups excluding carboxylic acids is 1. The van der Waals surface area contributed by atoms with Crippen LogP contribution in [0.25, 0.3) is 0 Å². The molecule has 0 radical (unpaired) electrons. The topological polar surface area (TPSA) is 91.3 Å². The van der Waals surface area contributed by atoms with E-state index in [0.717, 1.165) is 25.9 Å². The van der Waals surface area contributed by atoms with E-state index in [1.807, 2.05) is 0 Å². The minimum Gasteiger partial charge on any atom is -0.358 e. The molecule has 7 nitrogen and oxygen atoms in total. The zero-order valence-electron chi connectivity index (χ0n) is 12.0. The number of carbonyl (C=O) groups is 1. The molecule has 21 heavy (non-hydrogen) atoms. The summed E-state index contributed by atoms with van der Waals surface area (Å²) in [5.74, 6) is 0.312. The number of aromatic nitrogens is 1. The van der Waals surface area contributed by atoms with Gasteiger partial charge in [-0.25, -0.2) is 4.98 Å². The van der Waals surface area contributed by atoms with Gasteiger partial charge < -0.3 is 20.3 Å². The fourth-order valence-electron chi connectivity index (χ4n) is 2.47. The Morgan fingerprint density at radius 2 is 2.14 bits per heavy atom. The van der Waals surface area contributed by atoms with Gasteiger partial charge in [0.15, 0.2) is 5.69 Å². The number of amides is 1. The molecule has 0 saturated carbocycles. The van der Waals surface area contributed by atoms with E-state index in [9.17, 15) is 14.9 Å². The van der Waals surface area contributed by atoms with Crippen LogP contribution in [-0.4, -0.2) is 46.9 Å². The molecular weight excluding hydrogens is 296 g/mol. The summed E-state index contributed by atoms with van der Waals surface area (Å²) in [4.78, 5) is 26.6. The van der Waals surface area contributed by atoms with Crippen molar-refractivity contribution < 1.29 is 9.72 Å². The average molecular weight is 317 g/mol. The number of likely N-dealkylation sites (tertiary alicyclic amines) is 1. The van der Waals surface area contributed by atoms with Gasteiger partial charge in [-0.1, -0.05) is 6.92 Å². The van der Waals surface area contributed by atoms with E-state index in [-0.39, 0.29) is 24.1 Å². The summed E-state index contributed by atoms with van der Waals surface area (Å²) in [5, 5.41) is 13.9. The largest absolute Gasteiger partial charge is 0.358 e. The van der Waals surface area contributed by atoms with Crippen LogP contribution >= 0.6 is 12.4 Å². The molecule has 1 amide bonds. The highest BCUT2D eigenvalue weighted by Crippen LogP contribution is 2.19. The second kappa shape index (κ2) is 7.99. The van der Waals surface area contributed by atoms with Crippen LogP contribution in [0.2, 0.25) is 0 Å². The first kappa shape index (κ1) is 17.5. The summed E-state index contributed by atoms with van der Waals surface area (Å²) in [6.07, 6.45) is 1.95. The SMILES string of the molecule is CCNCC1CCN(C(=O)c2ccc([N+](=O)[O-])[nH]2)CC1.Cl. The first-order valence-corrected chi connectivity index (χ1v) is 6.95. The Bertz CT molecular complexity index is 484. The highest BCUT2D eigenvalue weighted by atomic mass is 35.5. The number of piperidine rings is 1. The van der Waals surface area contributed by atoms with E-state index >= 15 is 0 Å². The van der Waals surface area contributed by atoms with Gasteiger partial charge in [0.2, 0.25) is 0 Å². The van der Waals surface area contributed by atoms with Crippen molar-refractivity contribution >= 4 is 24.1 Å². The first-order valence-electron chi connectivity index (χ1n) is 6.95. The summed E-state index contributed by atoms with van der Waals surface area (Å²) < 4.78 is 0. The molecular formula is C13H21ClN4O3. The van der Waals surface area contributed by atoms with Gasteiger partial charge in [-0.05, 0) is 42.8 Å². The number of hydrogen-bond donors (Lipinski definition) is 2. The molecule has 2 rings (SSSR count). The maximum Gasteiger partial charge on any atom is 0.321 e. The molecule has 0 bridgehead atoms. The van der Waals surface area contributed by atoms with Crippen LogP contribution in [0.15, 0.2) is 12.1 Å². The number of halogens is 1. The lowest BCUT2D eigenvalue weighted by Gasteiger charge is -2.31. The van der Waals surface area contributed by atoms with E-state index < -0.39 is 4.92 Å². The first-order chi connectivity index (χ1) is 9.61. The molecule has 1 aromatic heterocycles. The van der Waals surface area contributed by atoms with Gasteiger partial charge in [0.1, 0.15) is 0 Å². The standard InChI is InChI=1S/C13H20N4O3.ClH/c1-2-14-9-10-5-7-16(8-6-10)13(18)11-3-4-12(15-11)17(19)20;/h3-4,10,14-15H,2,5-9H2,1H3;1H. The van der Waals surface area contributed by atoms with Gasteiger partial charge in [-0.2, -0.15) is 0 Å². The fraction of sp³-hybridized carbons (Fsp3) is 0.615. The summed E-state index contributed by atoms with van der Waals surface area (Å²) in [6, 6.07) is 2.80. The average Bonchev–Trinajstić information content (AvgIpc) is 2.95. The van der Waals surface area contributed by atoms with E-state index in [4.69, 9.17) is 0 Å². The third kappa shape index (κ3) is 4.44. The minimum absolute atomic E-state index is 0. The van der Waals surface area contributed by atoms with Crippen LogP contribution < -0.4 is 5.32 Å². The quantitative estimate of drug-likeness (QED) is 0.640. The Labute approximate surface area is 129 Å². The number of hydrogen-bond acceptors (Lipinski definition) is 4. The zero-order valence-corrected chi connectivity index (χ0v) is 12.8. The molecule has 0 atom stereocenters. The second-order valence-electron chi connectivity index (χ2n) is 5.06. The highest BCUT2D eigenvalue weighted by Gasteiger charge is 2.26. The van der Waals surface area contributed by atoms with Crippen molar-refractivity contribution in [3.63, 3.8) is 0 Å². The van der Waals surface area contributed by atoms with Crippen molar-refractivity contribution in [1.82, 2.24) is 15.2 Å². The lowest BCUT2D eigenvalue weighted by molar-refractivity contribution is -0.389. The van der Waals surface area contributed by atoms with Crippen LogP contribution in [-0.2, 0) is 0 Å². The number of H-pyrrole nitrogens is 1. The second-order valence-corrected chi connectivity index (χ2v) is 5.06. The van der Waals surface area contributed by atoms with Crippen LogP contribution in [0.1, 0.15) is 30.3 Å². The summed E-state index contributed by atoms with van der Waals surface area (Å²) in [6.45, 7) is 5.46. The molecule has 2 N–H and O–H groups in total. The molecule has 1 aromatic rings. The molecule has 1 aliphatic heterocycles. The monoisotopic (exact) mass is 316 g/mol. The van der Waals surface area contributed by atoms with Crippen molar-refractivity contribution in [2.75, 3.05) is 26.2 Å². The van der Waals surface area contributed by atoms with Crippen molar-refractivity contribution in [1.29, 1.82) is 0 Å². The van der Waals surface area contributed by atoms with Crippen LogP contribution in [0.5, 0.6) is 0 Å². The lowest BCUT2D eigenvalue weighted by atomic mass is 9.96. The Morgan fingerprint density at radius 1 is 1.48 bits per heavy atom. The lowest BCUT2D eigenvalue weighted by Crippen LogP contribution is -2.40. The number of rotatable bonds is 5. The minimum atomic E-state index is -0.528. The predicted octanol–water partition coefficient (Wildman–Crippen LogP) is 1.81. The molecule has 1 aliphatic rings. The van der Waals surface area contributed by atoms with E-state index in [0.29, 0.717) is 24.7 Å². The number of nitrogens with zero attached hydrogens (tertiary/aromatic N) is 2. The normalized spacial score (nSPS) is 15.6. The van der Waals surface area contributed by atoms with Crippen LogP contribution in [0.3, 0.4) is 0 Å². The van der Waals surface area contributed by atoms with Gasteiger partial charge in [0.25, 0.3) is 5.91 Å². The number of nitrogens with one attached hydrogen (secondary N) is 2. The fourth-order valence-corrected chi connectivity index (χ4v) is 2.47. The van der Waals surface area contributed by atoms with Crippen LogP contribution in [0, 0.1) is 16.0 Å². The van der Waals surface area contributed by atoms with Gasteiger partial charge in [0, 0.05) is 19.2 Å². The molecule has 0 spiro atoms. The molecule has 0 aromatic carbocycles. The predicted molar refractivity (Wildman–Crippen MR) is 81.9 cm³/mol. The summed E-state index contributed by atoms with van der Waals surface area (Å²) in [7, 11) is 0. The molecule has 1 saturated heterocycles. The van der Waals surface area contributed by atoms with Gasteiger partial charge in [0.05, 0.1) is 0 Å². The van der Waals surface area contributed by atoms with Crippen LogP contribution in [0.4, 0.5) is 5.82 Å². The third-order valence-corrected chi connectivity index (χ3v) is 3.68. The molecule has 8 heteroatoms. The molecule has 2 heterocycles. The van der Waals surface area contributed by atoms with E-state index in [1.165, 1.54) is 12.1 Å². The van der Waals surface area contributed by atoms with Gasteiger partial charge in [-0.15, -0.1) is 12.4 Å². The smallest absolute Gasteiger partial charge is 0.321 e. The van der Waals surface area contributed by atoms with Crippen molar-refractivity contribution in [3.8, 4) is 0 Å². The van der Waals surface area contributed by atoms with Crippen molar-refractivity contribution in [3.05, 3.63) is 27.9 Å². The Balaban J connectivity index is 0.00000220. The van der Waals surface area contributed by atoms with Gasteiger partial charge >= 0.3 is 5.82 Å². The zero-order chi connectivity index (χ0) is 14.5. The van der Waals surface area contributed by atoms with Crippen molar-refractivity contribution in [2.24, 2.45) is 5.92 Å². The van der Waals surface area contributed by atoms with E-state index in [1.54, 1.807) is 4.90 Å². The molecule has 118 valence electrons. The van der Waals surface area contributed by atoms with E-state index in [2.05, 4.69) is 17.2 Å². The molecule has 0 unspecified atom stereocenters. The highest BCUT2D eigenvalue weighted by molar-refractivity contribution is 5.93. The third-order valence-electron chi connectivity index (χ3n) is 3.68. The summed E-state index contributed by atoms with van der Waals surface area (Å²) >= 11 is 0.